The van der Waals surface area contributed by atoms with E-state index in [1.807, 2.05) is 0 Å². The third-order valence-electron chi connectivity index (χ3n) is 3.68. The van der Waals surface area contributed by atoms with Gasteiger partial charge in [0.1, 0.15) is 18.2 Å². The van der Waals surface area contributed by atoms with Gasteiger partial charge in [0.2, 0.25) is 5.91 Å². The topological polar surface area (TPSA) is 92.2 Å². The number of likely N-dealkylation sites (tertiary alicyclic amines) is 1. The standard InChI is InChI=1S/C13H22N6O2/c1-13(2,17-12(21)14-3)11(20)18-6-4-5-10(7-18)19-9-15-8-16-19/h8-10H,4-7H2,1-3H3,(H2,14,17,21). The number of nitrogens with zero attached hydrogens (tertiary/aromatic N) is 4. The molecule has 1 aliphatic rings. The summed E-state index contributed by atoms with van der Waals surface area (Å²) in [5.41, 5.74) is -0.940. The Morgan fingerprint density at radius 1 is 1.38 bits per heavy atom. The predicted octanol–water partition coefficient (Wildman–Crippen LogP) is 0.149. The Bertz CT molecular complexity index is 499. The van der Waals surface area contributed by atoms with Gasteiger partial charge in [-0.15, -0.1) is 0 Å². The summed E-state index contributed by atoms with van der Waals surface area (Å²) in [6.07, 6.45) is 5.05. The Balaban J connectivity index is 2.03. The summed E-state index contributed by atoms with van der Waals surface area (Å²) in [5, 5.41) is 9.29. The number of aromatic nitrogens is 3. The molecule has 1 fully saturated rings. The monoisotopic (exact) mass is 294 g/mol. The van der Waals surface area contributed by atoms with E-state index in [1.165, 1.54) is 13.4 Å². The third-order valence-corrected chi connectivity index (χ3v) is 3.68. The molecular formula is C13H22N6O2. The number of nitrogens with one attached hydrogen (secondary N) is 2. The average molecular weight is 294 g/mol. The van der Waals surface area contributed by atoms with Crippen molar-refractivity contribution in [1.82, 2.24) is 30.3 Å². The van der Waals surface area contributed by atoms with Crippen LogP contribution in [0.4, 0.5) is 4.79 Å². The first-order chi connectivity index (χ1) is 9.94. The summed E-state index contributed by atoms with van der Waals surface area (Å²) >= 11 is 0. The van der Waals surface area contributed by atoms with Crippen molar-refractivity contribution in [2.24, 2.45) is 0 Å². The van der Waals surface area contributed by atoms with Gasteiger partial charge in [-0.3, -0.25) is 4.79 Å². The first kappa shape index (κ1) is 15.3. The van der Waals surface area contributed by atoms with Crippen LogP contribution in [0.1, 0.15) is 32.7 Å². The molecule has 0 spiro atoms. The maximum absolute atomic E-state index is 12.6. The van der Waals surface area contributed by atoms with E-state index in [1.54, 1.807) is 29.8 Å². The summed E-state index contributed by atoms with van der Waals surface area (Å²) in [4.78, 5) is 29.8. The number of carbonyl (C=O) groups excluding carboxylic acids is 2. The van der Waals surface area contributed by atoms with Crippen molar-refractivity contribution in [2.45, 2.75) is 38.3 Å². The largest absolute Gasteiger partial charge is 0.341 e. The molecule has 1 aromatic heterocycles. The summed E-state index contributed by atoms with van der Waals surface area (Å²) in [7, 11) is 1.53. The van der Waals surface area contributed by atoms with E-state index in [2.05, 4.69) is 20.7 Å². The van der Waals surface area contributed by atoms with E-state index in [4.69, 9.17) is 0 Å². The van der Waals surface area contributed by atoms with Gasteiger partial charge < -0.3 is 15.5 Å². The van der Waals surface area contributed by atoms with Crippen molar-refractivity contribution in [3.05, 3.63) is 12.7 Å². The molecule has 8 nitrogen and oxygen atoms in total. The second-order valence-corrected chi connectivity index (χ2v) is 5.75. The summed E-state index contributed by atoms with van der Waals surface area (Å²) in [6, 6.07) is -0.223. The molecule has 2 N–H and O–H groups in total. The highest BCUT2D eigenvalue weighted by molar-refractivity contribution is 5.90. The lowest BCUT2D eigenvalue weighted by atomic mass is 9.99. The van der Waals surface area contributed by atoms with Crippen molar-refractivity contribution < 1.29 is 9.59 Å². The summed E-state index contributed by atoms with van der Waals surface area (Å²) < 4.78 is 1.79. The molecule has 8 heteroatoms. The number of rotatable bonds is 3. The fourth-order valence-corrected chi connectivity index (χ4v) is 2.56. The van der Waals surface area contributed by atoms with Gasteiger partial charge in [-0.05, 0) is 26.7 Å². The minimum Gasteiger partial charge on any atom is -0.341 e. The molecule has 0 saturated carbocycles. The maximum atomic E-state index is 12.6. The van der Waals surface area contributed by atoms with E-state index < -0.39 is 5.54 Å². The van der Waals surface area contributed by atoms with Gasteiger partial charge in [0.25, 0.3) is 0 Å². The van der Waals surface area contributed by atoms with Crippen LogP contribution in [-0.2, 0) is 4.79 Å². The molecule has 1 atom stereocenters. The number of amides is 3. The van der Waals surface area contributed by atoms with Gasteiger partial charge in [-0.25, -0.2) is 14.5 Å². The highest BCUT2D eigenvalue weighted by Gasteiger charge is 2.36. The molecule has 2 rings (SSSR count). The molecule has 1 aromatic rings. The maximum Gasteiger partial charge on any atom is 0.315 e. The van der Waals surface area contributed by atoms with Crippen LogP contribution in [-0.4, -0.2) is 57.3 Å². The Morgan fingerprint density at radius 3 is 2.76 bits per heavy atom. The molecule has 116 valence electrons. The second-order valence-electron chi connectivity index (χ2n) is 5.75. The van der Waals surface area contributed by atoms with E-state index in [9.17, 15) is 9.59 Å². The third kappa shape index (κ3) is 3.50. The minimum atomic E-state index is -0.940. The van der Waals surface area contributed by atoms with Crippen LogP contribution < -0.4 is 10.6 Å². The zero-order valence-electron chi connectivity index (χ0n) is 12.7. The van der Waals surface area contributed by atoms with Crippen molar-refractivity contribution in [1.29, 1.82) is 0 Å². The van der Waals surface area contributed by atoms with Gasteiger partial charge in [-0.2, -0.15) is 5.10 Å². The Labute approximate surface area is 123 Å². The zero-order valence-corrected chi connectivity index (χ0v) is 12.7. The second kappa shape index (κ2) is 6.11. The fourth-order valence-electron chi connectivity index (χ4n) is 2.56. The quantitative estimate of drug-likeness (QED) is 0.830. The van der Waals surface area contributed by atoms with Crippen molar-refractivity contribution in [3.63, 3.8) is 0 Å². The number of hydrogen-bond acceptors (Lipinski definition) is 4. The minimum absolute atomic E-state index is 0.0871. The van der Waals surface area contributed by atoms with Crippen LogP contribution in [0.25, 0.3) is 0 Å². The molecule has 0 radical (unpaired) electrons. The van der Waals surface area contributed by atoms with Crippen molar-refractivity contribution >= 4 is 11.9 Å². The number of hydrogen-bond donors (Lipinski definition) is 2. The van der Waals surface area contributed by atoms with E-state index >= 15 is 0 Å². The normalized spacial score (nSPS) is 19.2. The number of piperidine rings is 1. The molecule has 3 amide bonds. The van der Waals surface area contributed by atoms with Crippen LogP contribution in [0.3, 0.4) is 0 Å². The van der Waals surface area contributed by atoms with Crippen LogP contribution in [0.5, 0.6) is 0 Å². The molecule has 2 heterocycles. The lowest BCUT2D eigenvalue weighted by Crippen LogP contribution is -2.59. The van der Waals surface area contributed by atoms with Gasteiger partial charge in [0.15, 0.2) is 0 Å². The molecule has 0 aromatic carbocycles. The molecule has 0 bridgehead atoms. The molecule has 0 aliphatic carbocycles. The van der Waals surface area contributed by atoms with Crippen molar-refractivity contribution in [2.75, 3.05) is 20.1 Å². The van der Waals surface area contributed by atoms with Gasteiger partial charge in [-0.1, -0.05) is 0 Å². The van der Waals surface area contributed by atoms with Gasteiger partial charge in [0.05, 0.1) is 6.04 Å². The lowest BCUT2D eigenvalue weighted by molar-refractivity contribution is -0.138. The molecule has 1 saturated heterocycles. The SMILES string of the molecule is CNC(=O)NC(C)(C)C(=O)N1CCCC(n2cncn2)C1. The molecule has 21 heavy (non-hydrogen) atoms. The Kier molecular flexibility index (Phi) is 4.44. The summed E-state index contributed by atoms with van der Waals surface area (Å²) in [5.74, 6) is -0.0871. The van der Waals surface area contributed by atoms with Crippen LogP contribution in [0.15, 0.2) is 12.7 Å². The number of carbonyl (C=O) groups is 2. The molecule has 1 aliphatic heterocycles. The van der Waals surface area contributed by atoms with E-state index in [0.29, 0.717) is 13.1 Å². The first-order valence-corrected chi connectivity index (χ1v) is 7.07. The zero-order chi connectivity index (χ0) is 15.5. The molecule has 1 unspecified atom stereocenters. The van der Waals surface area contributed by atoms with Gasteiger partial charge in [0, 0.05) is 20.1 Å². The van der Waals surface area contributed by atoms with Crippen molar-refractivity contribution in [3.8, 4) is 0 Å². The lowest BCUT2D eigenvalue weighted by Gasteiger charge is -2.37. The van der Waals surface area contributed by atoms with E-state index in [-0.39, 0.29) is 18.0 Å². The van der Waals surface area contributed by atoms with E-state index in [0.717, 1.165) is 12.8 Å². The smallest absolute Gasteiger partial charge is 0.315 e. The first-order valence-electron chi connectivity index (χ1n) is 7.07. The number of urea groups is 1. The van der Waals surface area contributed by atoms with Gasteiger partial charge >= 0.3 is 6.03 Å². The Morgan fingerprint density at radius 2 is 2.14 bits per heavy atom. The highest BCUT2D eigenvalue weighted by atomic mass is 16.2. The van der Waals surface area contributed by atoms with Crippen LogP contribution in [0, 0.1) is 0 Å². The fraction of sp³-hybridized carbons (Fsp3) is 0.692. The average Bonchev–Trinajstić information content (AvgIpc) is 3.00. The summed E-state index contributed by atoms with van der Waals surface area (Å²) in [6.45, 7) is 4.71. The van der Waals surface area contributed by atoms with Crippen LogP contribution in [0.2, 0.25) is 0 Å². The predicted molar refractivity (Wildman–Crippen MR) is 76.5 cm³/mol. The van der Waals surface area contributed by atoms with Crippen LogP contribution >= 0.6 is 0 Å². The highest BCUT2D eigenvalue weighted by Crippen LogP contribution is 2.22. The Hall–Kier alpha value is -2.12. The molecular weight excluding hydrogens is 272 g/mol.